The molecule has 0 aliphatic heterocycles. The topological polar surface area (TPSA) is 75.6 Å². The van der Waals surface area contributed by atoms with Crippen LogP contribution in [0.5, 0.6) is 5.75 Å². The summed E-state index contributed by atoms with van der Waals surface area (Å²) >= 11 is 0. The van der Waals surface area contributed by atoms with Gasteiger partial charge in [-0.3, -0.25) is 4.79 Å². The van der Waals surface area contributed by atoms with Crippen LogP contribution in [0.1, 0.15) is 16.7 Å². The van der Waals surface area contributed by atoms with E-state index in [2.05, 4.69) is 5.32 Å². The van der Waals surface area contributed by atoms with E-state index >= 15 is 0 Å². The van der Waals surface area contributed by atoms with Gasteiger partial charge in [-0.1, -0.05) is 48.5 Å². The summed E-state index contributed by atoms with van der Waals surface area (Å²) in [4.78, 5) is 23.7. The summed E-state index contributed by atoms with van der Waals surface area (Å²) in [6, 6.07) is 18.6. The van der Waals surface area contributed by atoms with Crippen LogP contribution in [0.3, 0.4) is 0 Å². The number of carbonyl (C=O) groups is 2. The van der Waals surface area contributed by atoms with Crippen molar-refractivity contribution in [2.45, 2.75) is 25.5 Å². The normalized spacial score (nSPS) is 11.5. The molecule has 0 heterocycles. The fourth-order valence-corrected chi connectivity index (χ4v) is 2.98. The van der Waals surface area contributed by atoms with E-state index in [-0.39, 0.29) is 18.4 Å². The first kappa shape index (κ1) is 22.0. The molecule has 3 aromatic rings. The second kappa shape index (κ2) is 10.3. The van der Waals surface area contributed by atoms with E-state index in [4.69, 9.17) is 4.74 Å². The molecule has 31 heavy (non-hydrogen) atoms. The third-order valence-corrected chi connectivity index (χ3v) is 4.59. The predicted octanol–water partition coefficient (Wildman–Crippen LogP) is 3.90. The number of carbonyl (C=O) groups excluding carboxylic acids is 1. The first-order chi connectivity index (χ1) is 14.9. The Morgan fingerprint density at radius 1 is 0.871 bits per heavy atom. The Hall–Kier alpha value is -3.74. The van der Waals surface area contributed by atoms with Crippen molar-refractivity contribution in [3.05, 3.63) is 101 Å². The zero-order valence-corrected chi connectivity index (χ0v) is 16.6. The summed E-state index contributed by atoms with van der Waals surface area (Å²) in [5.74, 6) is -3.22. The van der Waals surface area contributed by atoms with Crippen molar-refractivity contribution >= 4 is 11.9 Å². The highest BCUT2D eigenvalue weighted by molar-refractivity contribution is 5.85. The highest BCUT2D eigenvalue weighted by atomic mass is 19.2. The molecule has 1 amide bonds. The highest BCUT2D eigenvalue weighted by Crippen LogP contribution is 2.16. The zero-order valence-electron chi connectivity index (χ0n) is 16.6. The maximum Gasteiger partial charge on any atom is 0.326 e. The molecule has 3 rings (SSSR count). The molecule has 0 bridgehead atoms. The number of ether oxygens (including phenoxy) is 1. The highest BCUT2D eigenvalue weighted by Gasteiger charge is 2.21. The van der Waals surface area contributed by atoms with Crippen LogP contribution >= 0.6 is 0 Å². The van der Waals surface area contributed by atoms with Gasteiger partial charge in [0, 0.05) is 6.42 Å². The number of amides is 1. The molecule has 0 unspecified atom stereocenters. The third kappa shape index (κ3) is 6.64. The number of carboxylic acid groups (broad SMARTS) is 1. The second-order valence-corrected chi connectivity index (χ2v) is 7.01. The van der Waals surface area contributed by atoms with E-state index < -0.39 is 29.6 Å². The van der Waals surface area contributed by atoms with Gasteiger partial charge in [-0.15, -0.1) is 0 Å². The second-order valence-electron chi connectivity index (χ2n) is 7.01. The van der Waals surface area contributed by atoms with Gasteiger partial charge in [0.25, 0.3) is 0 Å². The van der Waals surface area contributed by atoms with Gasteiger partial charge in [-0.2, -0.15) is 0 Å². The van der Waals surface area contributed by atoms with Crippen molar-refractivity contribution in [2.24, 2.45) is 0 Å². The van der Waals surface area contributed by atoms with Gasteiger partial charge in [-0.05, 0) is 41.0 Å². The summed E-state index contributed by atoms with van der Waals surface area (Å²) in [6.07, 6.45) is -0.189. The van der Waals surface area contributed by atoms with Crippen LogP contribution in [-0.2, 0) is 29.0 Å². The minimum atomic E-state index is -1.19. The number of hydrogen-bond acceptors (Lipinski definition) is 3. The standard InChI is InChI=1S/C24H21F2NO4/c25-20-11-8-18(12-21(20)26)14-23(28)27-22(24(29)30)13-16-6-9-19(10-7-16)31-15-17-4-2-1-3-5-17/h1-12,22H,13-15H2,(H,27,28)(H,29,30)/t22-/m1/s1. The summed E-state index contributed by atoms with van der Waals surface area (Å²) < 4.78 is 32.0. The van der Waals surface area contributed by atoms with Gasteiger partial charge in [0.1, 0.15) is 18.4 Å². The van der Waals surface area contributed by atoms with E-state index in [1.807, 2.05) is 30.3 Å². The largest absolute Gasteiger partial charge is 0.489 e. The van der Waals surface area contributed by atoms with Crippen molar-refractivity contribution in [1.29, 1.82) is 0 Å². The first-order valence-electron chi connectivity index (χ1n) is 9.62. The smallest absolute Gasteiger partial charge is 0.326 e. The van der Waals surface area contributed by atoms with Gasteiger partial charge in [0.05, 0.1) is 6.42 Å². The molecule has 0 aromatic heterocycles. The fraction of sp³-hybridized carbons (Fsp3) is 0.167. The quantitative estimate of drug-likeness (QED) is 0.545. The van der Waals surface area contributed by atoms with E-state index in [0.717, 1.165) is 17.7 Å². The van der Waals surface area contributed by atoms with Crippen LogP contribution < -0.4 is 10.1 Å². The van der Waals surface area contributed by atoms with Crippen LogP contribution in [0.4, 0.5) is 8.78 Å². The number of hydrogen-bond donors (Lipinski definition) is 2. The molecular weight excluding hydrogens is 404 g/mol. The zero-order chi connectivity index (χ0) is 22.2. The molecule has 1 atom stereocenters. The van der Waals surface area contributed by atoms with Crippen LogP contribution in [-0.4, -0.2) is 23.0 Å². The van der Waals surface area contributed by atoms with Crippen LogP contribution in [0.25, 0.3) is 0 Å². The average Bonchev–Trinajstić information content (AvgIpc) is 2.76. The van der Waals surface area contributed by atoms with E-state index in [1.54, 1.807) is 24.3 Å². The average molecular weight is 425 g/mol. The molecule has 3 aromatic carbocycles. The predicted molar refractivity (Wildman–Crippen MR) is 111 cm³/mol. The van der Waals surface area contributed by atoms with Gasteiger partial charge in [0.2, 0.25) is 5.91 Å². The van der Waals surface area contributed by atoms with Gasteiger partial charge in [-0.25, -0.2) is 13.6 Å². The molecule has 7 heteroatoms. The molecular formula is C24H21F2NO4. The molecule has 0 radical (unpaired) electrons. The number of carboxylic acids is 1. The lowest BCUT2D eigenvalue weighted by molar-refractivity contribution is -0.141. The molecule has 0 fully saturated rings. The molecule has 5 nitrogen and oxygen atoms in total. The van der Waals surface area contributed by atoms with Crippen LogP contribution in [0, 0.1) is 11.6 Å². The Labute approximate surface area is 178 Å². The Kier molecular flexibility index (Phi) is 7.32. The number of nitrogens with one attached hydrogen (secondary N) is 1. The molecule has 0 spiro atoms. The molecule has 0 aliphatic carbocycles. The van der Waals surface area contributed by atoms with Gasteiger partial charge < -0.3 is 15.2 Å². The van der Waals surface area contributed by atoms with E-state index in [1.165, 1.54) is 6.07 Å². The minimum absolute atomic E-state index is 0.0673. The molecule has 0 aliphatic rings. The van der Waals surface area contributed by atoms with E-state index in [9.17, 15) is 23.5 Å². The molecule has 0 saturated carbocycles. The maximum absolute atomic E-state index is 13.3. The van der Waals surface area contributed by atoms with Crippen molar-refractivity contribution in [2.75, 3.05) is 0 Å². The maximum atomic E-state index is 13.3. The number of rotatable bonds is 9. The van der Waals surface area contributed by atoms with Crippen LogP contribution in [0.2, 0.25) is 0 Å². The third-order valence-electron chi connectivity index (χ3n) is 4.59. The minimum Gasteiger partial charge on any atom is -0.489 e. The molecule has 2 N–H and O–H groups in total. The Morgan fingerprint density at radius 3 is 2.19 bits per heavy atom. The van der Waals surface area contributed by atoms with Crippen molar-refractivity contribution in [1.82, 2.24) is 5.32 Å². The van der Waals surface area contributed by atoms with Crippen molar-refractivity contribution in [3.63, 3.8) is 0 Å². The Morgan fingerprint density at radius 2 is 1.55 bits per heavy atom. The summed E-state index contributed by atoms with van der Waals surface area (Å²) in [5.41, 5.74) is 1.98. The lowest BCUT2D eigenvalue weighted by atomic mass is 10.0. The Bertz CT molecular complexity index is 1040. The van der Waals surface area contributed by atoms with E-state index in [0.29, 0.717) is 17.9 Å². The number of benzene rings is 3. The van der Waals surface area contributed by atoms with Gasteiger partial charge >= 0.3 is 5.97 Å². The monoisotopic (exact) mass is 425 g/mol. The van der Waals surface area contributed by atoms with Crippen molar-refractivity contribution in [3.8, 4) is 5.75 Å². The molecule has 160 valence electrons. The van der Waals surface area contributed by atoms with Crippen LogP contribution in [0.15, 0.2) is 72.8 Å². The first-order valence-corrected chi connectivity index (χ1v) is 9.62. The van der Waals surface area contributed by atoms with Gasteiger partial charge in [0.15, 0.2) is 11.6 Å². The number of halogens is 2. The summed E-state index contributed by atoms with van der Waals surface area (Å²) in [5, 5.41) is 11.9. The summed E-state index contributed by atoms with van der Waals surface area (Å²) in [6.45, 7) is 0.415. The fourth-order valence-electron chi connectivity index (χ4n) is 2.98. The lowest BCUT2D eigenvalue weighted by Crippen LogP contribution is -2.43. The molecule has 0 saturated heterocycles. The van der Waals surface area contributed by atoms with Crippen molar-refractivity contribution < 1.29 is 28.2 Å². The number of aliphatic carboxylic acids is 1. The summed E-state index contributed by atoms with van der Waals surface area (Å²) in [7, 11) is 0. The SMILES string of the molecule is O=C(Cc1ccc(F)c(F)c1)N[C@H](Cc1ccc(OCc2ccccc2)cc1)C(=O)O. The lowest BCUT2D eigenvalue weighted by Gasteiger charge is -2.15. The Balaban J connectivity index is 1.55.